The fourth-order valence-corrected chi connectivity index (χ4v) is 4.19. The Labute approximate surface area is 219 Å². The maximum Gasteiger partial charge on any atom is 0.416 e. The van der Waals surface area contributed by atoms with E-state index in [2.05, 4.69) is 27.7 Å². The van der Waals surface area contributed by atoms with Gasteiger partial charge in [0.2, 0.25) is 5.91 Å². The van der Waals surface area contributed by atoms with Crippen LogP contribution in [0.1, 0.15) is 75.3 Å². The lowest BCUT2D eigenvalue weighted by Crippen LogP contribution is -2.32. The molecule has 1 amide bonds. The van der Waals surface area contributed by atoms with Gasteiger partial charge in [0.1, 0.15) is 6.07 Å². The van der Waals surface area contributed by atoms with Crippen LogP contribution in [0.25, 0.3) is 0 Å². The molecule has 1 saturated heterocycles. The van der Waals surface area contributed by atoms with E-state index < -0.39 is 11.7 Å². The van der Waals surface area contributed by atoms with Gasteiger partial charge in [-0.1, -0.05) is 50.9 Å². The molecule has 2 atom stereocenters. The van der Waals surface area contributed by atoms with E-state index in [0.717, 1.165) is 35.7 Å². The molecule has 2 aromatic rings. The summed E-state index contributed by atoms with van der Waals surface area (Å²) in [6, 6.07) is 11.6. The van der Waals surface area contributed by atoms with Crippen LogP contribution in [0, 0.1) is 37.0 Å². The number of hydrogen-bond donors (Lipinski definition) is 0. The second kappa shape index (κ2) is 14.3. The summed E-state index contributed by atoms with van der Waals surface area (Å²) >= 11 is 5.71. The van der Waals surface area contributed by atoms with Crippen molar-refractivity contribution in [2.24, 2.45) is 11.8 Å². The second-order valence-electron chi connectivity index (χ2n) is 9.58. The van der Waals surface area contributed by atoms with Gasteiger partial charge in [-0.15, -0.1) is 0 Å². The number of rotatable bonds is 4. The van der Waals surface area contributed by atoms with Crippen LogP contribution >= 0.6 is 11.6 Å². The fourth-order valence-electron chi connectivity index (χ4n) is 3.91. The van der Waals surface area contributed by atoms with Crippen molar-refractivity contribution in [1.82, 2.24) is 4.90 Å². The van der Waals surface area contributed by atoms with E-state index in [0.29, 0.717) is 40.8 Å². The number of alkyl halides is 3. The highest BCUT2D eigenvalue weighted by Crippen LogP contribution is 2.30. The van der Waals surface area contributed by atoms with E-state index in [1.54, 1.807) is 12.1 Å². The van der Waals surface area contributed by atoms with E-state index in [1.807, 2.05) is 37.8 Å². The molecule has 1 fully saturated rings. The van der Waals surface area contributed by atoms with Crippen LogP contribution in [0.3, 0.4) is 0 Å². The standard InChI is InChI=1S/C11H21NO.C10H11F3.C8H6ClN/c1-5-9(4)10-6-11(13)12(7-10)8(2)3;1-3-8-6-9(10(11,12)13)5-4-7(8)2;1-6-2-3-7(5-10)8(9)4-6/h8-10H,5-7H2,1-4H3;4-6H,3H2,1-2H3;2-4H,1H3. The van der Waals surface area contributed by atoms with E-state index in [9.17, 15) is 18.0 Å². The Bertz CT molecular complexity index is 1040. The number of amides is 1. The van der Waals surface area contributed by atoms with Crippen LogP contribution in [0.5, 0.6) is 0 Å². The van der Waals surface area contributed by atoms with Gasteiger partial charge in [0.15, 0.2) is 0 Å². The number of carbonyl (C=O) groups excluding carboxylic acids is 1. The van der Waals surface area contributed by atoms with Gasteiger partial charge in [-0.25, -0.2) is 0 Å². The minimum absolute atomic E-state index is 0.348. The molecule has 3 nitrogen and oxygen atoms in total. The van der Waals surface area contributed by atoms with Crippen LogP contribution in [0.2, 0.25) is 5.02 Å². The van der Waals surface area contributed by atoms with Crippen molar-refractivity contribution in [1.29, 1.82) is 5.26 Å². The monoisotopic (exact) mass is 522 g/mol. The van der Waals surface area contributed by atoms with Crippen LogP contribution in [-0.2, 0) is 17.4 Å². The second-order valence-corrected chi connectivity index (χ2v) is 9.98. The predicted octanol–water partition coefficient (Wildman–Crippen LogP) is 8.39. The van der Waals surface area contributed by atoms with E-state index in [1.165, 1.54) is 18.6 Å². The topological polar surface area (TPSA) is 44.1 Å². The van der Waals surface area contributed by atoms with Gasteiger partial charge in [-0.3, -0.25) is 4.79 Å². The Balaban J connectivity index is 0.000000273. The van der Waals surface area contributed by atoms with E-state index >= 15 is 0 Å². The average molecular weight is 523 g/mol. The summed E-state index contributed by atoms with van der Waals surface area (Å²) in [6.45, 7) is 15.2. The lowest BCUT2D eigenvalue weighted by molar-refractivity contribution is -0.137. The zero-order valence-corrected chi connectivity index (χ0v) is 23.1. The highest BCUT2D eigenvalue weighted by molar-refractivity contribution is 6.31. The average Bonchev–Trinajstić information content (AvgIpc) is 3.21. The van der Waals surface area contributed by atoms with Crippen molar-refractivity contribution in [3.05, 3.63) is 69.2 Å². The van der Waals surface area contributed by atoms with Gasteiger partial charge in [-0.05, 0) is 86.9 Å². The Morgan fingerprint density at radius 3 is 2.19 bits per heavy atom. The first kappa shape index (κ1) is 31.5. The Hall–Kier alpha value is -2.52. The van der Waals surface area contributed by atoms with Gasteiger partial charge in [0.25, 0.3) is 0 Å². The zero-order valence-electron chi connectivity index (χ0n) is 22.3. The first-order chi connectivity index (χ1) is 16.7. The highest BCUT2D eigenvalue weighted by atomic mass is 35.5. The molecule has 0 aliphatic carbocycles. The van der Waals surface area contributed by atoms with Crippen molar-refractivity contribution >= 4 is 17.5 Å². The predicted molar refractivity (Wildman–Crippen MR) is 141 cm³/mol. The van der Waals surface area contributed by atoms with Crippen molar-refractivity contribution in [2.45, 2.75) is 79.9 Å². The molecule has 0 spiro atoms. The summed E-state index contributed by atoms with van der Waals surface area (Å²) in [5, 5.41) is 9.00. The number of nitriles is 1. The molecular formula is C29H38ClF3N2O. The SMILES string of the molecule is CCC(C)C1CC(=O)N(C(C)C)C1.CCc1cc(C(F)(F)F)ccc1C.Cc1ccc(C#N)c(Cl)c1. The molecule has 3 rings (SSSR count). The summed E-state index contributed by atoms with van der Waals surface area (Å²) in [4.78, 5) is 13.6. The molecule has 36 heavy (non-hydrogen) atoms. The van der Waals surface area contributed by atoms with Crippen LogP contribution in [0.15, 0.2) is 36.4 Å². The molecule has 0 radical (unpaired) electrons. The first-order valence-corrected chi connectivity index (χ1v) is 12.7. The first-order valence-electron chi connectivity index (χ1n) is 12.4. The molecule has 2 aromatic carbocycles. The quantitative estimate of drug-likeness (QED) is 0.404. The Morgan fingerprint density at radius 1 is 1.11 bits per heavy atom. The van der Waals surface area contributed by atoms with Gasteiger partial charge in [0, 0.05) is 19.0 Å². The molecule has 0 N–H and O–H groups in total. The van der Waals surface area contributed by atoms with Gasteiger partial charge in [0.05, 0.1) is 16.1 Å². The molecule has 0 aromatic heterocycles. The molecule has 0 bridgehead atoms. The summed E-state index contributed by atoms with van der Waals surface area (Å²) in [5.41, 5.74) is 2.72. The molecule has 198 valence electrons. The molecule has 1 heterocycles. The number of nitrogens with zero attached hydrogens (tertiary/aromatic N) is 2. The smallest absolute Gasteiger partial charge is 0.340 e. The highest BCUT2D eigenvalue weighted by Gasteiger charge is 2.33. The van der Waals surface area contributed by atoms with Gasteiger partial charge in [-0.2, -0.15) is 18.4 Å². The number of hydrogen-bond acceptors (Lipinski definition) is 2. The van der Waals surface area contributed by atoms with Crippen molar-refractivity contribution < 1.29 is 18.0 Å². The lowest BCUT2D eigenvalue weighted by atomic mass is 9.91. The Kier molecular flexibility index (Phi) is 12.5. The molecule has 1 aliphatic heterocycles. The minimum atomic E-state index is -4.22. The summed E-state index contributed by atoms with van der Waals surface area (Å²) < 4.78 is 36.7. The number of likely N-dealkylation sites (tertiary alicyclic amines) is 1. The third kappa shape index (κ3) is 9.50. The molecule has 1 aliphatic rings. The third-order valence-electron chi connectivity index (χ3n) is 6.56. The van der Waals surface area contributed by atoms with Crippen LogP contribution < -0.4 is 0 Å². The fraction of sp³-hybridized carbons (Fsp3) is 0.517. The Morgan fingerprint density at radius 2 is 1.75 bits per heavy atom. The molecule has 0 saturated carbocycles. The maximum absolute atomic E-state index is 12.2. The van der Waals surface area contributed by atoms with Crippen molar-refractivity contribution in [2.75, 3.05) is 6.54 Å². The number of benzene rings is 2. The van der Waals surface area contributed by atoms with Gasteiger partial charge < -0.3 is 4.90 Å². The summed E-state index contributed by atoms with van der Waals surface area (Å²) in [7, 11) is 0. The maximum atomic E-state index is 12.2. The molecular weight excluding hydrogens is 485 g/mol. The number of aryl methyl sites for hydroxylation is 3. The van der Waals surface area contributed by atoms with Crippen LogP contribution in [-0.4, -0.2) is 23.4 Å². The van der Waals surface area contributed by atoms with Crippen molar-refractivity contribution in [3.63, 3.8) is 0 Å². The van der Waals surface area contributed by atoms with Gasteiger partial charge >= 0.3 is 6.18 Å². The normalized spacial score (nSPS) is 16.0. The van der Waals surface area contributed by atoms with Crippen molar-refractivity contribution in [3.8, 4) is 6.07 Å². The zero-order chi connectivity index (χ0) is 27.6. The lowest BCUT2D eigenvalue weighted by Gasteiger charge is -2.22. The minimum Gasteiger partial charge on any atom is -0.340 e. The third-order valence-corrected chi connectivity index (χ3v) is 6.88. The molecule has 7 heteroatoms. The van der Waals surface area contributed by atoms with Crippen LogP contribution in [0.4, 0.5) is 13.2 Å². The summed E-state index contributed by atoms with van der Waals surface area (Å²) in [6.07, 6.45) is -1.63. The van der Waals surface area contributed by atoms with E-state index in [-0.39, 0.29) is 0 Å². The molecule has 2 unspecified atom stereocenters. The largest absolute Gasteiger partial charge is 0.416 e. The summed E-state index contributed by atoms with van der Waals surface area (Å²) in [5.74, 6) is 1.63. The number of carbonyl (C=O) groups is 1. The van der Waals surface area contributed by atoms with E-state index in [4.69, 9.17) is 16.9 Å². The number of halogens is 4.